The molecule has 1 heterocycles. The van der Waals surface area contributed by atoms with E-state index >= 15 is 0 Å². The van der Waals surface area contributed by atoms with Crippen molar-refractivity contribution in [2.45, 2.75) is 17.9 Å². The summed E-state index contributed by atoms with van der Waals surface area (Å²) < 4.78 is 5.24. The van der Waals surface area contributed by atoms with Crippen LogP contribution in [0.1, 0.15) is 17.0 Å². The minimum Gasteiger partial charge on any atom is -0.416 e. The van der Waals surface area contributed by atoms with Gasteiger partial charge in [0.05, 0.1) is 11.6 Å². The van der Waals surface area contributed by atoms with E-state index in [0.717, 1.165) is 11.3 Å². The maximum absolute atomic E-state index is 8.65. The molecular weight excluding hydrogens is 222 g/mol. The van der Waals surface area contributed by atoms with Gasteiger partial charge < -0.3 is 4.42 Å². The van der Waals surface area contributed by atoms with E-state index < -0.39 is 0 Å². The van der Waals surface area contributed by atoms with Gasteiger partial charge in [-0.2, -0.15) is 5.26 Å². The van der Waals surface area contributed by atoms with Gasteiger partial charge in [0.25, 0.3) is 5.22 Å². The molecule has 0 N–H and O–H groups in total. The third kappa shape index (κ3) is 2.61. The minimum atomic E-state index is 0.571. The zero-order chi connectivity index (χ0) is 11.4. The van der Waals surface area contributed by atoms with Gasteiger partial charge in [0.1, 0.15) is 0 Å². The zero-order valence-corrected chi connectivity index (χ0v) is 9.49. The Balaban J connectivity index is 1.97. The summed E-state index contributed by atoms with van der Waals surface area (Å²) in [7, 11) is 0. The number of nitriles is 1. The molecule has 80 valence electrons. The Bertz CT molecular complexity index is 513. The second-order valence-electron chi connectivity index (χ2n) is 3.18. The van der Waals surface area contributed by atoms with Crippen molar-refractivity contribution in [1.29, 1.82) is 5.26 Å². The van der Waals surface area contributed by atoms with Crippen LogP contribution in [0.5, 0.6) is 0 Å². The number of aryl methyl sites for hydroxylation is 1. The molecule has 4 nitrogen and oxygen atoms in total. The average molecular weight is 231 g/mol. The van der Waals surface area contributed by atoms with E-state index in [1.54, 1.807) is 19.1 Å². The first-order valence-electron chi connectivity index (χ1n) is 4.70. The lowest BCUT2D eigenvalue weighted by molar-refractivity contribution is 0.429. The van der Waals surface area contributed by atoms with Gasteiger partial charge in [-0.15, -0.1) is 10.2 Å². The molecule has 2 aromatic rings. The summed E-state index contributed by atoms with van der Waals surface area (Å²) in [5.74, 6) is 1.33. The summed E-state index contributed by atoms with van der Waals surface area (Å²) in [6.45, 7) is 1.76. The van der Waals surface area contributed by atoms with Crippen LogP contribution in [0, 0.1) is 18.3 Å². The third-order valence-corrected chi connectivity index (χ3v) is 2.84. The highest BCUT2D eigenvalue weighted by atomic mass is 32.2. The fraction of sp³-hybridized carbons (Fsp3) is 0.182. The minimum absolute atomic E-state index is 0.571. The van der Waals surface area contributed by atoms with Crippen molar-refractivity contribution in [2.24, 2.45) is 0 Å². The first-order valence-corrected chi connectivity index (χ1v) is 5.68. The molecule has 1 aromatic heterocycles. The van der Waals surface area contributed by atoms with Crippen molar-refractivity contribution >= 4 is 11.8 Å². The van der Waals surface area contributed by atoms with Crippen LogP contribution in [0.4, 0.5) is 0 Å². The van der Waals surface area contributed by atoms with Gasteiger partial charge in [0, 0.05) is 12.7 Å². The van der Waals surface area contributed by atoms with Crippen LogP contribution >= 0.6 is 11.8 Å². The van der Waals surface area contributed by atoms with Crippen LogP contribution < -0.4 is 0 Å². The van der Waals surface area contributed by atoms with Crippen LogP contribution in [0.2, 0.25) is 0 Å². The van der Waals surface area contributed by atoms with Gasteiger partial charge in [-0.05, 0) is 17.7 Å². The summed E-state index contributed by atoms with van der Waals surface area (Å²) in [6, 6.07) is 9.54. The molecule has 0 amide bonds. The second-order valence-corrected chi connectivity index (χ2v) is 4.11. The molecular formula is C11H9N3OS. The molecule has 0 spiro atoms. The maximum Gasteiger partial charge on any atom is 0.276 e. The van der Waals surface area contributed by atoms with E-state index in [2.05, 4.69) is 16.3 Å². The molecule has 2 rings (SSSR count). The molecule has 0 unspecified atom stereocenters. The Kier molecular flexibility index (Phi) is 3.22. The summed E-state index contributed by atoms with van der Waals surface area (Å²) >= 11 is 1.48. The summed E-state index contributed by atoms with van der Waals surface area (Å²) in [6.07, 6.45) is 0. The van der Waals surface area contributed by atoms with Crippen molar-refractivity contribution in [2.75, 3.05) is 0 Å². The van der Waals surface area contributed by atoms with E-state index in [0.29, 0.717) is 16.7 Å². The highest BCUT2D eigenvalue weighted by Crippen LogP contribution is 2.21. The Hall–Kier alpha value is -1.80. The van der Waals surface area contributed by atoms with E-state index in [4.69, 9.17) is 9.68 Å². The first kappa shape index (κ1) is 10.7. The molecule has 0 aliphatic heterocycles. The van der Waals surface area contributed by atoms with Gasteiger partial charge in [-0.25, -0.2) is 0 Å². The number of benzene rings is 1. The number of hydrogen-bond acceptors (Lipinski definition) is 5. The second kappa shape index (κ2) is 4.81. The molecule has 0 atom stereocenters. The van der Waals surface area contributed by atoms with Crippen LogP contribution in [0.25, 0.3) is 0 Å². The molecule has 0 aliphatic carbocycles. The van der Waals surface area contributed by atoms with E-state index in [1.807, 2.05) is 12.1 Å². The molecule has 5 heteroatoms. The van der Waals surface area contributed by atoms with Gasteiger partial charge in [-0.1, -0.05) is 23.9 Å². The standard InChI is InChI=1S/C11H9N3OS/c1-8-13-14-11(15-8)16-7-10-4-2-9(6-12)3-5-10/h2-5H,7H2,1H3. The monoisotopic (exact) mass is 231 g/mol. The lowest BCUT2D eigenvalue weighted by Gasteiger charge is -1.97. The smallest absolute Gasteiger partial charge is 0.276 e. The number of rotatable bonds is 3. The molecule has 0 radical (unpaired) electrons. The lowest BCUT2D eigenvalue weighted by Crippen LogP contribution is -1.81. The van der Waals surface area contributed by atoms with Crippen molar-refractivity contribution in [3.63, 3.8) is 0 Å². The Morgan fingerprint density at radius 2 is 2.06 bits per heavy atom. The Morgan fingerprint density at radius 1 is 1.31 bits per heavy atom. The van der Waals surface area contributed by atoms with Crippen LogP contribution in [0.3, 0.4) is 0 Å². The zero-order valence-electron chi connectivity index (χ0n) is 8.67. The predicted octanol–water partition coefficient (Wildman–Crippen LogP) is 2.54. The van der Waals surface area contributed by atoms with Crippen LogP contribution in [0.15, 0.2) is 33.9 Å². The average Bonchev–Trinajstić information content (AvgIpc) is 2.73. The maximum atomic E-state index is 8.65. The lowest BCUT2D eigenvalue weighted by atomic mass is 10.2. The molecule has 0 fully saturated rings. The fourth-order valence-electron chi connectivity index (χ4n) is 1.16. The topological polar surface area (TPSA) is 62.7 Å². The third-order valence-electron chi connectivity index (χ3n) is 1.95. The Labute approximate surface area is 97.3 Å². The van der Waals surface area contributed by atoms with Crippen molar-refractivity contribution in [3.8, 4) is 6.07 Å². The quantitative estimate of drug-likeness (QED) is 0.759. The number of hydrogen-bond donors (Lipinski definition) is 0. The van der Waals surface area contributed by atoms with E-state index in [9.17, 15) is 0 Å². The summed E-state index contributed by atoms with van der Waals surface area (Å²) in [5.41, 5.74) is 1.79. The summed E-state index contributed by atoms with van der Waals surface area (Å²) in [4.78, 5) is 0. The number of nitrogens with zero attached hydrogens (tertiary/aromatic N) is 3. The fourth-order valence-corrected chi connectivity index (χ4v) is 1.92. The highest BCUT2D eigenvalue weighted by molar-refractivity contribution is 7.98. The first-order chi connectivity index (χ1) is 7.78. The van der Waals surface area contributed by atoms with Gasteiger partial charge in [-0.3, -0.25) is 0 Å². The largest absolute Gasteiger partial charge is 0.416 e. The normalized spacial score (nSPS) is 10.0. The molecule has 0 saturated carbocycles. The van der Waals surface area contributed by atoms with Gasteiger partial charge >= 0.3 is 0 Å². The van der Waals surface area contributed by atoms with Crippen LogP contribution in [-0.4, -0.2) is 10.2 Å². The van der Waals surface area contributed by atoms with Gasteiger partial charge in [0.15, 0.2) is 0 Å². The molecule has 16 heavy (non-hydrogen) atoms. The molecule has 1 aromatic carbocycles. The summed E-state index contributed by atoms with van der Waals surface area (Å²) in [5, 5.41) is 16.9. The molecule has 0 aliphatic rings. The SMILES string of the molecule is Cc1nnc(SCc2ccc(C#N)cc2)o1. The van der Waals surface area contributed by atoms with E-state index in [1.165, 1.54) is 11.8 Å². The molecule has 0 bridgehead atoms. The van der Waals surface area contributed by atoms with Crippen molar-refractivity contribution < 1.29 is 4.42 Å². The predicted molar refractivity (Wildman–Crippen MR) is 59.8 cm³/mol. The van der Waals surface area contributed by atoms with Crippen molar-refractivity contribution in [3.05, 3.63) is 41.3 Å². The Morgan fingerprint density at radius 3 is 2.62 bits per heavy atom. The number of aromatic nitrogens is 2. The van der Waals surface area contributed by atoms with Crippen molar-refractivity contribution in [1.82, 2.24) is 10.2 Å². The molecule has 0 saturated heterocycles. The number of thioether (sulfide) groups is 1. The van der Waals surface area contributed by atoms with E-state index in [-0.39, 0.29) is 0 Å². The van der Waals surface area contributed by atoms with Gasteiger partial charge in [0.2, 0.25) is 5.89 Å². The van der Waals surface area contributed by atoms with Crippen LogP contribution in [-0.2, 0) is 5.75 Å². The highest BCUT2D eigenvalue weighted by Gasteiger charge is 2.03.